The molecule has 4 atom stereocenters. The van der Waals surface area contributed by atoms with E-state index in [1.54, 1.807) is 10.9 Å². The number of imidazole rings is 1. The molecule has 8 nitrogen and oxygen atoms in total. The molecule has 3 N–H and O–H groups in total. The van der Waals surface area contributed by atoms with Crippen molar-refractivity contribution in [2.75, 3.05) is 18.9 Å². The Labute approximate surface area is 108 Å². The Hall–Kier alpha value is -1.77. The van der Waals surface area contributed by atoms with Gasteiger partial charge in [-0.2, -0.15) is 0 Å². The highest BCUT2D eigenvalue weighted by atomic mass is 16.6. The fraction of sp³-hybridized carbons (Fsp3) is 0.545. The third-order valence-electron chi connectivity index (χ3n) is 3.82. The second-order valence-corrected chi connectivity index (χ2v) is 4.79. The normalized spacial score (nSPS) is 33.3. The molecule has 0 aliphatic carbocycles. The van der Waals surface area contributed by atoms with Crippen LogP contribution in [0.25, 0.3) is 11.2 Å². The van der Waals surface area contributed by atoms with Crippen LogP contribution in [-0.2, 0) is 9.47 Å². The summed E-state index contributed by atoms with van der Waals surface area (Å²) in [4.78, 5) is 12.3. The van der Waals surface area contributed by atoms with Crippen LogP contribution >= 0.6 is 0 Å². The van der Waals surface area contributed by atoms with Gasteiger partial charge in [0.05, 0.1) is 25.6 Å². The predicted molar refractivity (Wildman–Crippen MR) is 64.0 cm³/mol. The Kier molecular flexibility index (Phi) is 2.25. The fourth-order valence-corrected chi connectivity index (χ4v) is 2.75. The molecule has 2 aliphatic rings. The van der Waals surface area contributed by atoms with Gasteiger partial charge in [0.1, 0.15) is 17.9 Å². The summed E-state index contributed by atoms with van der Waals surface area (Å²) in [6.07, 6.45) is 2.44. The van der Waals surface area contributed by atoms with Crippen LogP contribution in [0.15, 0.2) is 12.7 Å². The van der Waals surface area contributed by atoms with Crippen LogP contribution in [0.5, 0.6) is 0 Å². The first-order valence-corrected chi connectivity index (χ1v) is 6.10. The molecule has 0 amide bonds. The number of hydrogen-bond acceptors (Lipinski definition) is 7. The van der Waals surface area contributed by atoms with Crippen molar-refractivity contribution in [2.45, 2.75) is 18.4 Å². The molecule has 0 bridgehead atoms. The number of nitrogen functional groups attached to an aromatic ring is 1. The highest BCUT2D eigenvalue weighted by Gasteiger charge is 2.52. The van der Waals surface area contributed by atoms with Crippen LogP contribution in [0, 0.1) is 5.92 Å². The van der Waals surface area contributed by atoms with Crippen molar-refractivity contribution in [2.24, 2.45) is 5.92 Å². The lowest BCUT2D eigenvalue weighted by molar-refractivity contribution is -0.123. The van der Waals surface area contributed by atoms with Crippen molar-refractivity contribution in [1.82, 2.24) is 19.5 Å². The Morgan fingerprint density at radius 3 is 3.00 bits per heavy atom. The van der Waals surface area contributed by atoms with Gasteiger partial charge in [0.15, 0.2) is 17.7 Å². The molecule has 100 valence electrons. The maximum absolute atomic E-state index is 9.31. The van der Waals surface area contributed by atoms with Crippen molar-refractivity contribution in [1.29, 1.82) is 0 Å². The van der Waals surface area contributed by atoms with Gasteiger partial charge in [-0.3, -0.25) is 4.57 Å². The SMILES string of the molecule is Nc1ncnc2c1ncn2[C@@H]1O[C@H](CO)[C@H]2CO[C@H]21. The average molecular weight is 263 g/mol. The minimum absolute atomic E-state index is 0.00915. The standard InChI is InChI=1S/C11H13N5O3/c12-9-7-10(14-3-13-9)16(4-15-7)11-8-5(2-18-8)6(1-17)19-11/h3-6,8,11,17H,1-2H2,(H2,12,13,14)/t5-,6-,8-,11-/m1/s1. The minimum atomic E-state index is -0.324. The van der Waals surface area contributed by atoms with E-state index in [9.17, 15) is 5.11 Å². The summed E-state index contributed by atoms with van der Waals surface area (Å²) < 4.78 is 13.2. The van der Waals surface area contributed by atoms with Gasteiger partial charge in [0, 0.05) is 5.92 Å². The van der Waals surface area contributed by atoms with Gasteiger partial charge in [-0.05, 0) is 0 Å². The zero-order chi connectivity index (χ0) is 13.0. The summed E-state index contributed by atoms with van der Waals surface area (Å²) in [5, 5.41) is 9.31. The van der Waals surface area contributed by atoms with Gasteiger partial charge in [-0.15, -0.1) is 0 Å². The van der Waals surface area contributed by atoms with Crippen LogP contribution in [0.4, 0.5) is 5.82 Å². The molecule has 8 heteroatoms. The third kappa shape index (κ3) is 1.41. The second kappa shape index (κ2) is 3.86. The molecule has 0 aromatic carbocycles. The topological polar surface area (TPSA) is 108 Å². The van der Waals surface area contributed by atoms with E-state index in [1.807, 2.05) is 0 Å². The molecule has 0 saturated carbocycles. The van der Waals surface area contributed by atoms with Crippen molar-refractivity contribution in [3.63, 3.8) is 0 Å². The number of aromatic nitrogens is 4. The van der Waals surface area contributed by atoms with E-state index < -0.39 is 0 Å². The first-order valence-electron chi connectivity index (χ1n) is 6.10. The monoisotopic (exact) mass is 263 g/mol. The summed E-state index contributed by atoms with van der Waals surface area (Å²) in [6.45, 7) is 0.612. The largest absolute Gasteiger partial charge is 0.394 e. The van der Waals surface area contributed by atoms with E-state index in [0.29, 0.717) is 23.6 Å². The Balaban J connectivity index is 1.77. The van der Waals surface area contributed by atoms with E-state index >= 15 is 0 Å². The number of nitrogens with zero attached hydrogens (tertiary/aromatic N) is 4. The zero-order valence-corrected chi connectivity index (χ0v) is 10.0. The second-order valence-electron chi connectivity index (χ2n) is 4.79. The van der Waals surface area contributed by atoms with Crippen molar-refractivity contribution in [3.8, 4) is 0 Å². The van der Waals surface area contributed by atoms with E-state index in [4.69, 9.17) is 15.2 Å². The van der Waals surface area contributed by atoms with Gasteiger partial charge < -0.3 is 20.3 Å². The predicted octanol–water partition coefficient (Wildman–Crippen LogP) is -0.687. The summed E-state index contributed by atoms with van der Waals surface area (Å²) in [5.74, 6) is 0.568. The molecule has 2 fully saturated rings. The summed E-state index contributed by atoms with van der Waals surface area (Å²) >= 11 is 0. The number of ether oxygens (including phenoxy) is 2. The van der Waals surface area contributed by atoms with E-state index in [1.165, 1.54) is 6.33 Å². The van der Waals surface area contributed by atoms with Crippen molar-refractivity contribution < 1.29 is 14.6 Å². The molecule has 4 heterocycles. The lowest BCUT2D eigenvalue weighted by Crippen LogP contribution is -2.44. The molecule has 2 saturated heterocycles. The number of fused-ring (bicyclic) bond motifs is 2. The number of aliphatic hydroxyl groups is 1. The van der Waals surface area contributed by atoms with Crippen LogP contribution in [0.1, 0.15) is 6.23 Å². The lowest BCUT2D eigenvalue weighted by atomic mass is 9.94. The van der Waals surface area contributed by atoms with Crippen molar-refractivity contribution in [3.05, 3.63) is 12.7 Å². The van der Waals surface area contributed by atoms with E-state index in [0.717, 1.165) is 0 Å². The third-order valence-corrected chi connectivity index (χ3v) is 3.82. The van der Waals surface area contributed by atoms with Gasteiger partial charge in [0.25, 0.3) is 0 Å². The smallest absolute Gasteiger partial charge is 0.167 e. The maximum Gasteiger partial charge on any atom is 0.167 e. The summed E-state index contributed by atoms with van der Waals surface area (Å²) in [6, 6.07) is 0. The Bertz CT molecular complexity index is 628. The molecule has 0 radical (unpaired) electrons. The molecular weight excluding hydrogens is 250 g/mol. The maximum atomic E-state index is 9.31. The molecule has 19 heavy (non-hydrogen) atoms. The van der Waals surface area contributed by atoms with Gasteiger partial charge >= 0.3 is 0 Å². The molecule has 2 aliphatic heterocycles. The van der Waals surface area contributed by atoms with Gasteiger partial charge in [-0.1, -0.05) is 0 Å². The first kappa shape index (κ1) is 11.1. The lowest BCUT2D eigenvalue weighted by Gasteiger charge is -2.33. The minimum Gasteiger partial charge on any atom is -0.394 e. The van der Waals surface area contributed by atoms with Gasteiger partial charge in [-0.25, -0.2) is 15.0 Å². The molecule has 2 aromatic heterocycles. The highest BCUT2D eigenvalue weighted by molar-refractivity contribution is 5.81. The fourth-order valence-electron chi connectivity index (χ4n) is 2.75. The van der Waals surface area contributed by atoms with E-state index in [2.05, 4.69) is 15.0 Å². The molecule has 0 unspecified atom stereocenters. The number of rotatable bonds is 2. The number of hydrogen-bond donors (Lipinski definition) is 2. The number of aliphatic hydroxyl groups excluding tert-OH is 1. The first-order chi connectivity index (χ1) is 9.29. The van der Waals surface area contributed by atoms with E-state index in [-0.39, 0.29) is 31.0 Å². The van der Waals surface area contributed by atoms with Crippen LogP contribution in [0.3, 0.4) is 0 Å². The Morgan fingerprint density at radius 2 is 2.32 bits per heavy atom. The van der Waals surface area contributed by atoms with Gasteiger partial charge in [0.2, 0.25) is 0 Å². The van der Waals surface area contributed by atoms with Crippen molar-refractivity contribution >= 4 is 17.0 Å². The Morgan fingerprint density at radius 1 is 1.42 bits per heavy atom. The molecule has 0 spiro atoms. The summed E-state index contributed by atoms with van der Waals surface area (Å²) in [5.41, 5.74) is 6.93. The average Bonchev–Trinajstić information content (AvgIpc) is 2.89. The zero-order valence-electron chi connectivity index (χ0n) is 10.0. The van der Waals surface area contributed by atoms with Crippen LogP contribution in [0.2, 0.25) is 0 Å². The summed E-state index contributed by atoms with van der Waals surface area (Å²) in [7, 11) is 0. The number of anilines is 1. The van der Waals surface area contributed by atoms with Crippen LogP contribution < -0.4 is 5.73 Å². The molecule has 2 aromatic rings. The van der Waals surface area contributed by atoms with Crippen LogP contribution in [-0.4, -0.2) is 50.0 Å². The molecular formula is C11H13N5O3. The quantitative estimate of drug-likeness (QED) is 0.738. The molecule has 4 rings (SSSR count). The number of nitrogens with two attached hydrogens (primary N) is 1. The highest BCUT2D eigenvalue weighted by Crippen LogP contribution is 2.43.